The van der Waals surface area contributed by atoms with Crippen molar-refractivity contribution in [1.29, 1.82) is 0 Å². The van der Waals surface area contributed by atoms with Crippen LogP contribution in [0, 0.1) is 20.8 Å². The molecule has 0 radical (unpaired) electrons. The minimum atomic E-state index is 1.03. The van der Waals surface area contributed by atoms with E-state index in [1.165, 1.54) is 39.2 Å². The van der Waals surface area contributed by atoms with E-state index >= 15 is 0 Å². The van der Waals surface area contributed by atoms with Crippen LogP contribution < -0.4 is 9.80 Å². The van der Waals surface area contributed by atoms with Crippen molar-refractivity contribution in [2.45, 2.75) is 27.3 Å². The van der Waals surface area contributed by atoms with Gasteiger partial charge in [0.1, 0.15) is 6.54 Å². The maximum Gasteiger partial charge on any atom is 0.107 e. The van der Waals surface area contributed by atoms with Gasteiger partial charge in [-0.05, 0) is 38.0 Å². The largest absolute Gasteiger partial charge is 0.360 e. The fraction of sp³-hybridized carbons (Fsp3) is 0.348. The number of hydrogen-bond donors (Lipinski definition) is 2. The zero-order chi connectivity index (χ0) is 18.8. The quantitative estimate of drug-likeness (QED) is 0.750. The molecule has 0 spiro atoms. The maximum absolute atomic E-state index is 4.32. The number of quaternary nitrogens is 1. The first kappa shape index (κ1) is 17.8. The van der Waals surface area contributed by atoms with Gasteiger partial charge in [-0.2, -0.15) is 5.10 Å². The Morgan fingerprint density at radius 2 is 1.74 bits per heavy atom. The van der Waals surface area contributed by atoms with E-state index in [1.807, 2.05) is 6.20 Å². The van der Waals surface area contributed by atoms with Crippen LogP contribution in [0.1, 0.15) is 22.3 Å². The second-order valence-corrected chi connectivity index (χ2v) is 7.77. The van der Waals surface area contributed by atoms with Gasteiger partial charge in [-0.15, -0.1) is 0 Å². The molecule has 1 aliphatic rings. The van der Waals surface area contributed by atoms with E-state index in [1.54, 1.807) is 4.90 Å². The van der Waals surface area contributed by atoms with E-state index in [0.29, 0.717) is 0 Å². The lowest BCUT2D eigenvalue weighted by atomic mass is 10.1. The smallest absolute Gasteiger partial charge is 0.107 e. The summed E-state index contributed by atoms with van der Waals surface area (Å²) in [7, 11) is 0. The predicted octanol–water partition coefficient (Wildman–Crippen LogP) is 2.91. The molecule has 0 amide bonds. The van der Waals surface area contributed by atoms with E-state index in [0.717, 1.165) is 32.7 Å². The molecule has 0 aliphatic carbocycles. The molecule has 140 valence electrons. The van der Waals surface area contributed by atoms with Crippen LogP contribution in [0.4, 0.5) is 5.69 Å². The molecule has 4 rings (SSSR count). The molecule has 1 saturated heterocycles. The van der Waals surface area contributed by atoms with Gasteiger partial charge in [-0.3, -0.25) is 5.10 Å². The molecular formula is C23H29N4+. The number of hydrogen-bond acceptors (Lipinski definition) is 2. The van der Waals surface area contributed by atoms with Gasteiger partial charge < -0.3 is 9.80 Å². The number of anilines is 1. The van der Waals surface area contributed by atoms with Gasteiger partial charge in [-0.1, -0.05) is 42.0 Å². The lowest BCUT2D eigenvalue weighted by molar-refractivity contribution is -0.914. The molecule has 4 heteroatoms. The van der Waals surface area contributed by atoms with Crippen LogP contribution in [0.3, 0.4) is 0 Å². The summed E-state index contributed by atoms with van der Waals surface area (Å²) in [6.45, 7) is 12.1. The molecule has 0 bridgehead atoms. The zero-order valence-corrected chi connectivity index (χ0v) is 16.5. The molecule has 0 atom stereocenters. The van der Waals surface area contributed by atoms with Crippen LogP contribution in [0.5, 0.6) is 0 Å². The van der Waals surface area contributed by atoms with Gasteiger partial charge in [0.2, 0.25) is 0 Å². The number of aryl methyl sites for hydroxylation is 2. The van der Waals surface area contributed by atoms with Crippen LogP contribution >= 0.6 is 0 Å². The molecule has 4 nitrogen and oxygen atoms in total. The van der Waals surface area contributed by atoms with Gasteiger partial charge in [0.15, 0.2) is 0 Å². The Morgan fingerprint density at radius 3 is 2.48 bits per heavy atom. The van der Waals surface area contributed by atoms with E-state index in [4.69, 9.17) is 0 Å². The zero-order valence-electron chi connectivity index (χ0n) is 16.5. The van der Waals surface area contributed by atoms with Gasteiger partial charge >= 0.3 is 0 Å². The van der Waals surface area contributed by atoms with E-state index in [-0.39, 0.29) is 0 Å². The first-order valence-corrected chi connectivity index (χ1v) is 9.86. The van der Waals surface area contributed by atoms with Gasteiger partial charge in [0.25, 0.3) is 0 Å². The Balaban J connectivity index is 1.42. The Labute approximate surface area is 161 Å². The van der Waals surface area contributed by atoms with Gasteiger partial charge in [0.05, 0.1) is 43.6 Å². The van der Waals surface area contributed by atoms with Crippen molar-refractivity contribution in [3.63, 3.8) is 0 Å². The SMILES string of the molecule is Cc1ccc(-c2[nH]ncc2C[NH+]2CCN(c3cccc(C)c3C)CC2)cc1. The topological polar surface area (TPSA) is 36.4 Å². The number of aromatic amines is 1. The number of H-pyrrole nitrogens is 1. The second kappa shape index (κ2) is 7.57. The number of nitrogens with zero attached hydrogens (tertiary/aromatic N) is 2. The molecule has 0 saturated carbocycles. The summed E-state index contributed by atoms with van der Waals surface area (Å²) >= 11 is 0. The minimum Gasteiger partial charge on any atom is -0.360 e. The lowest BCUT2D eigenvalue weighted by Gasteiger charge is -2.34. The molecular weight excluding hydrogens is 332 g/mol. The highest BCUT2D eigenvalue weighted by atomic mass is 15.3. The molecule has 3 aromatic rings. The summed E-state index contributed by atoms with van der Waals surface area (Å²) < 4.78 is 0. The highest BCUT2D eigenvalue weighted by Crippen LogP contribution is 2.23. The van der Waals surface area contributed by atoms with Crippen LogP contribution in [0.2, 0.25) is 0 Å². The average Bonchev–Trinajstić information content (AvgIpc) is 3.13. The second-order valence-electron chi connectivity index (χ2n) is 7.77. The van der Waals surface area contributed by atoms with Crippen molar-refractivity contribution < 1.29 is 4.90 Å². The van der Waals surface area contributed by atoms with E-state index in [9.17, 15) is 0 Å². The third-order valence-electron chi connectivity index (χ3n) is 5.89. The van der Waals surface area contributed by atoms with Crippen molar-refractivity contribution in [1.82, 2.24) is 10.2 Å². The number of piperazine rings is 1. The van der Waals surface area contributed by atoms with E-state index in [2.05, 4.69) is 78.3 Å². The Morgan fingerprint density at radius 1 is 1.00 bits per heavy atom. The molecule has 0 unspecified atom stereocenters. The summed E-state index contributed by atoms with van der Waals surface area (Å²) in [6, 6.07) is 15.3. The molecule has 1 aliphatic heterocycles. The van der Waals surface area contributed by atoms with Crippen LogP contribution in [0.15, 0.2) is 48.7 Å². The molecule has 2 N–H and O–H groups in total. The van der Waals surface area contributed by atoms with Crippen molar-refractivity contribution >= 4 is 5.69 Å². The average molecular weight is 362 g/mol. The van der Waals surface area contributed by atoms with Gasteiger partial charge in [-0.25, -0.2) is 0 Å². The fourth-order valence-electron chi connectivity index (χ4n) is 4.00. The summed E-state index contributed by atoms with van der Waals surface area (Å²) in [6.07, 6.45) is 2.00. The molecule has 27 heavy (non-hydrogen) atoms. The first-order chi connectivity index (χ1) is 13.1. The fourth-order valence-corrected chi connectivity index (χ4v) is 4.00. The molecule has 2 aromatic carbocycles. The highest BCUT2D eigenvalue weighted by Gasteiger charge is 2.23. The van der Waals surface area contributed by atoms with E-state index < -0.39 is 0 Å². The number of nitrogens with one attached hydrogen (secondary N) is 2. The monoisotopic (exact) mass is 361 g/mol. The third-order valence-corrected chi connectivity index (χ3v) is 5.89. The normalized spacial score (nSPS) is 15.3. The third kappa shape index (κ3) is 3.76. The Bertz CT molecular complexity index is 902. The Kier molecular flexibility index (Phi) is 4.99. The lowest BCUT2D eigenvalue weighted by Crippen LogP contribution is -3.13. The van der Waals surface area contributed by atoms with Gasteiger partial charge in [0, 0.05) is 11.3 Å². The van der Waals surface area contributed by atoms with Crippen molar-refractivity contribution in [3.05, 3.63) is 70.9 Å². The number of benzene rings is 2. The van der Waals surface area contributed by atoms with Crippen LogP contribution in [0.25, 0.3) is 11.3 Å². The van der Waals surface area contributed by atoms with Crippen molar-refractivity contribution in [3.8, 4) is 11.3 Å². The maximum atomic E-state index is 4.32. The standard InChI is InChI=1S/C23H28N4/c1-17-7-9-20(10-8-17)23-21(15-24-25-23)16-26-11-13-27(14-12-26)22-6-4-5-18(2)19(22)3/h4-10,15H,11-14,16H2,1-3H3,(H,24,25)/p+1. The summed E-state index contributed by atoms with van der Waals surface area (Å²) in [5.74, 6) is 0. The van der Waals surface area contributed by atoms with Crippen molar-refractivity contribution in [2.24, 2.45) is 0 Å². The Hall–Kier alpha value is -2.59. The minimum absolute atomic E-state index is 1.03. The molecule has 1 aromatic heterocycles. The summed E-state index contributed by atoms with van der Waals surface area (Å²) in [5, 5.41) is 7.53. The highest BCUT2D eigenvalue weighted by molar-refractivity contribution is 5.62. The summed E-state index contributed by atoms with van der Waals surface area (Å²) in [4.78, 5) is 4.17. The van der Waals surface area contributed by atoms with Crippen molar-refractivity contribution in [2.75, 3.05) is 31.1 Å². The predicted molar refractivity (Wildman–Crippen MR) is 111 cm³/mol. The molecule has 1 fully saturated rings. The van der Waals surface area contributed by atoms with Crippen LogP contribution in [-0.2, 0) is 6.54 Å². The number of rotatable bonds is 4. The van der Waals surface area contributed by atoms with Crippen LogP contribution in [-0.4, -0.2) is 36.4 Å². The number of aromatic nitrogens is 2. The summed E-state index contributed by atoms with van der Waals surface area (Å²) in [5.41, 5.74) is 9.18. The first-order valence-electron chi connectivity index (χ1n) is 9.86. The molecule has 2 heterocycles.